The van der Waals surface area contributed by atoms with E-state index in [1.165, 1.54) is 11.1 Å². The topological polar surface area (TPSA) is 76.6 Å². The first-order valence-electron chi connectivity index (χ1n) is 9.45. The summed E-state index contributed by atoms with van der Waals surface area (Å²) >= 11 is 5.93. The summed E-state index contributed by atoms with van der Waals surface area (Å²) in [6.45, 7) is 5.32. The number of ether oxygens (including phenoxy) is 1. The fourth-order valence-corrected chi connectivity index (χ4v) is 5.66. The minimum Gasteiger partial charge on any atom is -0.444 e. The number of halogens is 1. The summed E-state index contributed by atoms with van der Waals surface area (Å²) in [6.07, 6.45) is 4.51. The number of carbonyl (C=O) groups is 1. The van der Waals surface area contributed by atoms with E-state index in [1.807, 2.05) is 6.08 Å². The molecule has 8 heteroatoms. The van der Waals surface area contributed by atoms with E-state index >= 15 is 0 Å². The van der Waals surface area contributed by atoms with Crippen molar-refractivity contribution in [3.63, 3.8) is 0 Å². The molecule has 2 aliphatic rings. The maximum absolute atomic E-state index is 13.6. The molecular formula is C22H21ClN2O4S. The van der Waals surface area contributed by atoms with Crippen molar-refractivity contribution in [2.75, 3.05) is 0 Å². The third kappa shape index (κ3) is 3.52. The van der Waals surface area contributed by atoms with Gasteiger partial charge in [-0.2, -0.15) is 0 Å². The Labute approximate surface area is 180 Å². The van der Waals surface area contributed by atoms with Crippen molar-refractivity contribution in [1.29, 1.82) is 0 Å². The van der Waals surface area contributed by atoms with Gasteiger partial charge in [0.1, 0.15) is 10.8 Å². The summed E-state index contributed by atoms with van der Waals surface area (Å²) in [4.78, 5) is 18.9. The van der Waals surface area contributed by atoms with E-state index in [2.05, 4.69) is 4.98 Å². The molecule has 2 bridgehead atoms. The van der Waals surface area contributed by atoms with Gasteiger partial charge >= 0.3 is 6.09 Å². The van der Waals surface area contributed by atoms with Gasteiger partial charge in [-0.1, -0.05) is 42.0 Å². The van der Waals surface area contributed by atoms with Crippen LogP contribution in [0.3, 0.4) is 0 Å². The Morgan fingerprint density at radius 1 is 1.07 bits per heavy atom. The third-order valence-electron chi connectivity index (χ3n) is 4.89. The van der Waals surface area contributed by atoms with Gasteiger partial charge in [0.25, 0.3) is 0 Å². The molecule has 156 valence electrons. The van der Waals surface area contributed by atoms with E-state index in [-0.39, 0.29) is 9.80 Å². The number of hydrogen-bond acceptors (Lipinski definition) is 5. The maximum atomic E-state index is 13.6. The molecular weight excluding hydrogens is 424 g/mol. The zero-order valence-corrected chi connectivity index (χ0v) is 18.3. The molecule has 2 atom stereocenters. The molecule has 0 fully saturated rings. The van der Waals surface area contributed by atoms with Crippen LogP contribution < -0.4 is 0 Å². The van der Waals surface area contributed by atoms with E-state index in [0.29, 0.717) is 16.3 Å². The quantitative estimate of drug-likeness (QED) is 0.515. The zero-order valence-electron chi connectivity index (χ0n) is 16.7. The fraction of sp³-hybridized carbons (Fsp3) is 0.273. The minimum absolute atomic E-state index is 0.163. The molecule has 0 aliphatic carbocycles. The number of hydrogen-bond donors (Lipinski definition) is 0. The van der Waals surface area contributed by atoms with Crippen LogP contribution in [0.5, 0.6) is 0 Å². The van der Waals surface area contributed by atoms with Crippen LogP contribution in [0, 0.1) is 0 Å². The smallest absolute Gasteiger partial charge is 0.411 e. The largest absolute Gasteiger partial charge is 0.444 e. The van der Waals surface area contributed by atoms with Crippen LogP contribution in [-0.4, -0.2) is 42.1 Å². The molecule has 0 unspecified atom stereocenters. The molecule has 3 heterocycles. The van der Waals surface area contributed by atoms with Crippen molar-refractivity contribution in [2.45, 2.75) is 43.4 Å². The summed E-state index contributed by atoms with van der Waals surface area (Å²) in [5, 5.41) is 0.300. The van der Waals surface area contributed by atoms with E-state index in [0.717, 1.165) is 0 Å². The van der Waals surface area contributed by atoms with E-state index < -0.39 is 33.6 Å². The Morgan fingerprint density at radius 3 is 2.33 bits per heavy atom. The molecule has 2 aliphatic heterocycles. The zero-order chi connectivity index (χ0) is 21.7. The van der Waals surface area contributed by atoms with Gasteiger partial charge in [0, 0.05) is 11.8 Å². The number of amides is 1. The molecule has 0 spiro atoms. The standard InChI is InChI=1S/C22H21ClN2O4S/c1-22(2,3)29-21(26)25-16-10-11-17(25)20(19(16)14-9-12-18(23)24-13-14)30(27,28)15-7-5-4-6-8-15/h4-13,16-17H,1-3H3/t16-,17+/m1/s1. The van der Waals surface area contributed by atoms with E-state index in [1.54, 1.807) is 69.3 Å². The van der Waals surface area contributed by atoms with Gasteiger partial charge < -0.3 is 4.74 Å². The summed E-state index contributed by atoms with van der Waals surface area (Å²) in [7, 11) is -3.87. The Balaban J connectivity index is 1.87. The number of fused-ring (bicyclic) bond motifs is 2. The lowest BCUT2D eigenvalue weighted by molar-refractivity contribution is 0.0248. The van der Waals surface area contributed by atoms with E-state index in [9.17, 15) is 13.2 Å². The molecule has 6 nitrogen and oxygen atoms in total. The monoisotopic (exact) mass is 444 g/mol. The number of aromatic nitrogens is 1. The summed E-state index contributed by atoms with van der Waals surface area (Å²) in [5.74, 6) is 0. The minimum atomic E-state index is -3.87. The molecule has 0 N–H and O–H groups in total. The van der Waals surface area contributed by atoms with Crippen molar-refractivity contribution in [3.05, 3.63) is 76.4 Å². The highest BCUT2D eigenvalue weighted by molar-refractivity contribution is 7.95. The van der Waals surface area contributed by atoms with Gasteiger partial charge in [-0.25, -0.2) is 18.2 Å². The molecule has 1 aromatic heterocycles. The Bertz CT molecular complexity index is 1150. The number of nitrogens with zero attached hydrogens (tertiary/aromatic N) is 2. The molecule has 30 heavy (non-hydrogen) atoms. The highest BCUT2D eigenvalue weighted by Crippen LogP contribution is 2.46. The fourth-order valence-electron chi connectivity index (χ4n) is 3.74. The van der Waals surface area contributed by atoms with Crippen LogP contribution in [-0.2, 0) is 14.6 Å². The SMILES string of the molecule is CC(C)(C)OC(=O)N1[C@@H]2C=C[C@H]1C(S(=O)(=O)c1ccccc1)=C2c1ccc(Cl)nc1. The van der Waals surface area contributed by atoms with Crippen LogP contribution in [0.1, 0.15) is 26.3 Å². The van der Waals surface area contributed by atoms with Crippen molar-refractivity contribution < 1.29 is 17.9 Å². The first kappa shape index (κ1) is 20.6. The van der Waals surface area contributed by atoms with Crippen LogP contribution in [0.2, 0.25) is 5.15 Å². The molecule has 0 saturated carbocycles. The lowest BCUT2D eigenvalue weighted by Crippen LogP contribution is -2.42. The van der Waals surface area contributed by atoms with Crippen molar-refractivity contribution in [2.24, 2.45) is 0 Å². The number of pyridine rings is 1. The highest BCUT2D eigenvalue weighted by atomic mass is 35.5. The second kappa shape index (κ2) is 7.25. The molecule has 1 amide bonds. The lowest BCUT2D eigenvalue weighted by atomic mass is 9.99. The normalized spacial score (nSPS) is 20.7. The Kier molecular flexibility index (Phi) is 4.98. The number of benzene rings is 1. The first-order chi connectivity index (χ1) is 14.1. The van der Waals surface area contributed by atoms with Gasteiger partial charge in [-0.3, -0.25) is 4.90 Å². The molecule has 0 radical (unpaired) electrons. The summed E-state index contributed by atoms with van der Waals surface area (Å²) in [5.41, 5.74) is 0.403. The molecule has 1 aromatic carbocycles. The van der Waals surface area contributed by atoms with Crippen LogP contribution >= 0.6 is 11.6 Å². The van der Waals surface area contributed by atoms with Gasteiger partial charge in [-0.15, -0.1) is 0 Å². The average Bonchev–Trinajstić information content (AvgIpc) is 3.24. The number of sulfone groups is 1. The molecule has 4 rings (SSSR count). The average molecular weight is 445 g/mol. The second-order valence-electron chi connectivity index (χ2n) is 8.13. The van der Waals surface area contributed by atoms with Crippen molar-refractivity contribution in [1.82, 2.24) is 9.88 Å². The highest BCUT2D eigenvalue weighted by Gasteiger charge is 2.51. The van der Waals surface area contributed by atoms with Crippen LogP contribution in [0.25, 0.3) is 5.57 Å². The van der Waals surface area contributed by atoms with E-state index in [4.69, 9.17) is 16.3 Å². The van der Waals surface area contributed by atoms with Gasteiger partial charge in [0.15, 0.2) is 0 Å². The lowest BCUT2D eigenvalue weighted by Gasteiger charge is -2.28. The number of rotatable bonds is 3. The number of carbonyl (C=O) groups excluding carboxylic acids is 1. The van der Waals surface area contributed by atoms with Crippen molar-refractivity contribution in [3.8, 4) is 0 Å². The Morgan fingerprint density at radius 2 is 1.73 bits per heavy atom. The summed E-state index contributed by atoms with van der Waals surface area (Å²) < 4.78 is 32.8. The Hall–Kier alpha value is -2.64. The van der Waals surface area contributed by atoms with Gasteiger partial charge in [-0.05, 0) is 50.6 Å². The molecule has 2 aromatic rings. The molecule has 0 saturated heterocycles. The predicted octanol–water partition coefficient (Wildman–Crippen LogP) is 4.48. The second-order valence-corrected chi connectivity index (χ2v) is 10.4. The van der Waals surface area contributed by atoms with Crippen molar-refractivity contribution >= 4 is 33.1 Å². The predicted molar refractivity (Wildman–Crippen MR) is 115 cm³/mol. The first-order valence-corrected chi connectivity index (χ1v) is 11.3. The van der Waals surface area contributed by atoms with Gasteiger partial charge in [0.05, 0.1) is 21.9 Å². The summed E-state index contributed by atoms with van der Waals surface area (Å²) in [6, 6.07) is 10.2. The third-order valence-corrected chi connectivity index (χ3v) is 7.05. The van der Waals surface area contributed by atoms with Crippen LogP contribution in [0.4, 0.5) is 4.79 Å². The maximum Gasteiger partial charge on any atom is 0.411 e. The van der Waals surface area contributed by atoms with Crippen LogP contribution in [0.15, 0.2) is 70.6 Å². The van der Waals surface area contributed by atoms with Gasteiger partial charge in [0.2, 0.25) is 9.84 Å².